The molecule has 55 heavy (non-hydrogen) atoms. The number of carbonyl (C=O) groups excluding carboxylic acids is 4. The summed E-state index contributed by atoms with van der Waals surface area (Å²) >= 11 is 0. The highest BCUT2D eigenvalue weighted by Crippen LogP contribution is 2.33. The highest BCUT2D eigenvalue weighted by molar-refractivity contribution is 6.13. The molecule has 0 saturated carbocycles. The first-order valence-electron chi connectivity index (χ1n) is 18.1. The fourth-order valence-electron chi connectivity index (χ4n) is 6.55. The first kappa shape index (κ1) is 38.3. The molecule has 16 heteroatoms. The first-order valence-corrected chi connectivity index (χ1v) is 18.1. The predicted molar refractivity (Wildman–Crippen MR) is 207 cm³/mol. The van der Waals surface area contributed by atoms with Crippen molar-refractivity contribution < 1.29 is 29.0 Å². The Morgan fingerprint density at radius 2 is 1.64 bits per heavy atom. The van der Waals surface area contributed by atoms with Crippen LogP contribution < -0.4 is 20.7 Å². The Morgan fingerprint density at radius 1 is 0.945 bits per heavy atom. The first-order chi connectivity index (χ1) is 26.4. The Morgan fingerprint density at radius 3 is 2.31 bits per heavy atom. The van der Waals surface area contributed by atoms with Crippen molar-refractivity contribution in [2.45, 2.75) is 67.1 Å². The van der Waals surface area contributed by atoms with Gasteiger partial charge in [-0.3, -0.25) is 33.9 Å². The van der Waals surface area contributed by atoms with Crippen LogP contribution in [-0.2, 0) is 26.1 Å². The van der Waals surface area contributed by atoms with Gasteiger partial charge in [0.1, 0.15) is 28.5 Å². The number of primary amides is 1. The number of carbonyl (C=O) groups is 4. The van der Waals surface area contributed by atoms with Crippen LogP contribution in [0.5, 0.6) is 5.75 Å². The van der Waals surface area contributed by atoms with Crippen LogP contribution in [0.15, 0.2) is 59.6 Å². The molecular formula is C39H44N10O6. The van der Waals surface area contributed by atoms with Crippen LogP contribution in [0.3, 0.4) is 0 Å². The maximum Gasteiger partial charge on any atom is 0.296 e. The van der Waals surface area contributed by atoms with Gasteiger partial charge in [0, 0.05) is 62.4 Å². The lowest BCUT2D eigenvalue weighted by Crippen LogP contribution is -2.28. The lowest BCUT2D eigenvalue weighted by molar-refractivity contribution is 0.0986. The van der Waals surface area contributed by atoms with Gasteiger partial charge < -0.3 is 25.0 Å². The van der Waals surface area contributed by atoms with Crippen molar-refractivity contribution in [3.05, 3.63) is 94.1 Å². The molecule has 5 aromatic rings. The summed E-state index contributed by atoms with van der Waals surface area (Å²) in [6.45, 7) is 10.5. The fourth-order valence-corrected chi connectivity index (χ4v) is 6.55. The number of nitrogens with zero attached hydrogens (tertiary/aromatic N) is 8. The number of amides is 3. The number of anilines is 2. The molecule has 16 nitrogen and oxygen atoms in total. The molecule has 0 spiro atoms. The Kier molecular flexibility index (Phi) is 11.4. The van der Waals surface area contributed by atoms with E-state index in [0.29, 0.717) is 83.4 Å². The standard InChI is InChI=1S/C39H44N10O6/c1-6-48-31(17-23(3)44-48)37(53)42-34-22-27-19-26(25(5)51)11-12-30(27)46(34)13-8-9-14-47-35-29(20-28(36(40)52)21-33(35)55-16-10-15-50)41-39(47)43-38(54)32-18-24(4)45-49(32)7-2/h8-9,11-12,17-21,50H,6-7,10,13-16,22H2,1-5H3,(H2,40,52)(H,41,43,54)/b9-8+,42-34?. The number of fused-ring (bicyclic) bond motifs is 2. The maximum atomic E-state index is 13.6. The van der Waals surface area contributed by atoms with Crippen LogP contribution >= 0.6 is 0 Å². The van der Waals surface area contributed by atoms with Gasteiger partial charge in [-0.15, -0.1) is 0 Å². The zero-order valence-corrected chi connectivity index (χ0v) is 31.5. The Bertz CT molecular complexity index is 2370. The number of hydrogen-bond acceptors (Lipinski definition) is 9. The molecule has 2 aromatic carbocycles. The molecule has 0 atom stereocenters. The highest BCUT2D eigenvalue weighted by atomic mass is 16.5. The third-order valence-electron chi connectivity index (χ3n) is 9.14. The highest BCUT2D eigenvalue weighted by Gasteiger charge is 2.28. The number of aliphatic hydroxyl groups excluding tert-OH is 1. The molecule has 4 heterocycles. The molecule has 6 rings (SSSR count). The number of Topliss-reactive ketones (excluding diaryl/α,β-unsaturated/α-hetero) is 1. The molecule has 0 aliphatic carbocycles. The number of aryl methyl sites for hydroxylation is 4. The van der Waals surface area contributed by atoms with E-state index in [1.165, 1.54) is 19.1 Å². The number of aromatic nitrogens is 6. The Labute approximate surface area is 317 Å². The minimum absolute atomic E-state index is 0.0644. The van der Waals surface area contributed by atoms with Gasteiger partial charge in [-0.25, -0.2) is 4.98 Å². The summed E-state index contributed by atoms with van der Waals surface area (Å²) < 4.78 is 11.0. The van der Waals surface area contributed by atoms with Crippen LogP contribution in [-0.4, -0.2) is 83.3 Å². The van der Waals surface area contributed by atoms with E-state index in [0.717, 1.165) is 11.3 Å². The van der Waals surface area contributed by atoms with E-state index >= 15 is 0 Å². The molecule has 3 aromatic heterocycles. The number of rotatable bonds is 15. The number of nitrogens with one attached hydrogen (secondary N) is 1. The van der Waals surface area contributed by atoms with Gasteiger partial charge >= 0.3 is 0 Å². The monoisotopic (exact) mass is 748 g/mol. The van der Waals surface area contributed by atoms with Gasteiger partial charge in [0.2, 0.25) is 11.9 Å². The second kappa shape index (κ2) is 16.3. The SMILES string of the molecule is CCn1nc(C)cc1C(=O)N=C1Cc2cc(C(C)=O)ccc2N1C/C=C/Cn1c(NC(=O)c2cc(C)nn2CC)nc2cc(C(N)=O)cc(OCCCO)c21. The lowest BCUT2D eigenvalue weighted by Gasteiger charge is -2.19. The summed E-state index contributed by atoms with van der Waals surface area (Å²) in [4.78, 5) is 62.8. The number of amidine groups is 1. The average Bonchev–Trinajstić information content (AvgIpc) is 3.92. The van der Waals surface area contributed by atoms with Gasteiger partial charge in [-0.05, 0) is 82.6 Å². The zero-order valence-electron chi connectivity index (χ0n) is 31.5. The quantitative estimate of drug-likeness (QED) is 0.0788. The van der Waals surface area contributed by atoms with E-state index in [1.54, 1.807) is 39.1 Å². The van der Waals surface area contributed by atoms with Crippen molar-refractivity contribution in [2.24, 2.45) is 10.7 Å². The molecule has 1 aliphatic rings. The normalized spacial score (nSPS) is 13.3. The largest absolute Gasteiger partial charge is 0.491 e. The Balaban J connectivity index is 1.36. The number of ketones is 1. The second-order valence-electron chi connectivity index (χ2n) is 13.1. The number of benzene rings is 2. The summed E-state index contributed by atoms with van der Waals surface area (Å²) in [5.41, 5.74) is 11.1. The van der Waals surface area contributed by atoms with Crippen LogP contribution in [0.4, 0.5) is 11.6 Å². The third kappa shape index (κ3) is 8.08. The predicted octanol–water partition coefficient (Wildman–Crippen LogP) is 4.26. The number of imidazole rings is 1. The van der Waals surface area contributed by atoms with Crippen LogP contribution in [0.2, 0.25) is 0 Å². The molecule has 0 unspecified atom stereocenters. The van der Waals surface area contributed by atoms with Crippen molar-refractivity contribution in [1.29, 1.82) is 0 Å². The number of nitrogens with two attached hydrogens (primary N) is 1. The van der Waals surface area contributed by atoms with E-state index in [4.69, 9.17) is 15.5 Å². The van der Waals surface area contributed by atoms with Crippen molar-refractivity contribution in [1.82, 2.24) is 29.1 Å². The number of aliphatic imine (C=N–C) groups is 1. The smallest absolute Gasteiger partial charge is 0.296 e. The van der Waals surface area contributed by atoms with Crippen LogP contribution in [0.25, 0.3) is 11.0 Å². The average molecular weight is 749 g/mol. The van der Waals surface area contributed by atoms with Crippen molar-refractivity contribution in [3.63, 3.8) is 0 Å². The molecule has 3 amide bonds. The molecule has 4 N–H and O–H groups in total. The molecule has 1 aliphatic heterocycles. The van der Waals surface area contributed by atoms with E-state index in [-0.39, 0.29) is 37.1 Å². The number of aliphatic hydroxyl groups is 1. The third-order valence-corrected chi connectivity index (χ3v) is 9.14. The van der Waals surface area contributed by atoms with E-state index < -0.39 is 17.7 Å². The summed E-state index contributed by atoms with van der Waals surface area (Å²) in [6, 6.07) is 11.9. The molecule has 0 radical (unpaired) electrons. The zero-order chi connectivity index (χ0) is 39.4. The van der Waals surface area contributed by atoms with Crippen molar-refractivity contribution in [3.8, 4) is 5.75 Å². The number of hydrogen-bond donors (Lipinski definition) is 3. The van der Waals surface area contributed by atoms with Gasteiger partial charge in [-0.1, -0.05) is 12.2 Å². The lowest BCUT2D eigenvalue weighted by atomic mass is 10.1. The van der Waals surface area contributed by atoms with E-state index in [1.807, 2.05) is 50.0 Å². The summed E-state index contributed by atoms with van der Waals surface area (Å²) in [6.07, 6.45) is 4.49. The summed E-state index contributed by atoms with van der Waals surface area (Å²) in [5, 5.41) is 21.1. The second-order valence-corrected chi connectivity index (χ2v) is 13.1. The van der Waals surface area contributed by atoms with Gasteiger partial charge in [-0.2, -0.15) is 15.2 Å². The van der Waals surface area contributed by atoms with E-state index in [2.05, 4.69) is 20.5 Å². The topological polar surface area (TPSA) is 205 Å². The van der Waals surface area contributed by atoms with Gasteiger partial charge in [0.05, 0.1) is 23.5 Å². The number of allylic oxidation sites excluding steroid dienone is 1. The molecule has 0 saturated heterocycles. The maximum absolute atomic E-state index is 13.6. The number of ether oxygens (including phenoxy) is 1. The molecule has 0 bridgehead atoms. The Hall–Kier alpha value is -6.42. The molecule has 0 fully saturated rings. The fraction of sp³-hybridized carbons (Fsp3) is 0.333. The minimum atomic E-state index is -0.678. The van der Waals surface area contributed by atoms with Crippen LogP contribution in [0.1, 0.15) is 85.8 Å². The van der Waals surface area contributed by atoms with Crippen molar-refractivity contribution in [2.75, 3.05) is 30.0 Å². The van der Waals surface area contributed by atoms with Gasteiger partial charge in [0.15, 0.2) is 5.78 Å². The minimum Gasteiger partial charge on any atom is -0.491 e. The molecule has 286 valence electrons. The van der Waals surface area contributed by atoms with Gasteiger partial charge in [0.25, 0.3) is 11.8 Å². The molecular weight excluding hydrogens is 704 g/mol. The summed E-state index contributed by atoms with van der Waals surface area (Å²) in [5.74, 6) is -0.564. The van der Waals surface area contributed by atoms with E-state index in [9.17, 15) is 24.3 Å². The summed E-state index contributed by atoms with van der Waals surface area (Å²) in [7, 11) is 0. The van der Waals surface area contributed by atoms with Crippen LogP contribution in [0, 0.1) is 13.8 Å². The van der Waals surface area contributed by atoms with Crippen molar-refractivity contribution >= 4 is 52.0 Å².